The standard InChI is InChI=1S/C26H19BrClNO4/c1-2-12-32-19-9-6-15(7-10-19)23-22-24(30)20-13-16(27)8-11-21(20)33-25(22)26(31)29(23)18-5-3-4-17(28)14-18/h3-11,13-14,23H,2,12H2,1H3. The van der Waals surface area contributed by atoms with Gasteiger partial charge in [-0.2, -0.15) is 0 Å². The smallest absolute Gasteiger partial charge is 0.295 e. The molecule has 1 aromatic heterocycles. The molecule has 5 nitrogen and oxygen atoms in total. The van der Waals surface area contributed by atoms with Gasteiger partial charge >= 0.3 is 0 Å². The molecule has 0 saturated carbocycles. The first-order valence-electron chi connectivity index (χ1n) is 10.6. The third-order valence-electron chi connectivity index (χ3n) is 5.59. The zero-order chi connectivity index (χ0) is 23.1. The summed E-state index contributed by atoms with van der Waals surface area (Å²) in [6, 6.07) is 19.0. The molecule has 0 fully saturated rings. The second kappa shape index (κ2) is 8.69. The van der Waals surface area contributed by atoms with Crippen LogP contribution in [0.3, 0.4) is 0 Å². The van der Waals surface area contributed by atoms with Crippen molar-refractivity contribution in [1.82, 2.24) is 0 Å². The molecule has 1 aliphatic rings. The molecule has 0 radical (unpaired) electrons. The van der Waals surface area contributed by atoms with Crippen LogP contribution in [0.25, 0.3) is 11.0 Å². The van der Waals surface area contributed by atoms with Crippen LogP contribution in [0.4, 0.5) is 5.69 Å². The lowest BCUT2D eigenvalue weighted by Crippen LogP contribution is -2.29. The zero-order valence-electron chi connectivity index (χ0n) is 17.7. The first-order chi connectivity index (χ1) is 16.0. The summed E-state index contributed by atoms with van der Waals surface area (Å²) in [7, 11) is 0. The maximum absolute atomic E-state index is 13.6. The average molecular weight is 525 g/mol. The van der Waals surface area contributed by atoms with E-state index in [-0.39, 0.29) is 17.1 Å². The van der Waals surface area contributed by atoms with E-state index in [0.29, 0.717) is 33.8 Å². The Bertz CT molecular complexity index is 1430. The molecule has 1 amide bonds. The van der Waals surface area contributed by atoms with Crippen LogP contribution in [-0.4, -0.2) is 12.5 Å². The van der Waals surface area contributed by atoms with Crippen LogP contribution in [0.2, 0.25) is 5.02 Å². The molecule has 5 rings (SSSR count). The highest BCUT2D eigenvalue weighted by Crippen LogP contribution is 2.42. The summed E-state index contributed by atoms with van der Waals surface area (Å²) in [5, 5.41) is 0.906. The number of carbonyl (C=O) groups excluding carboxylic acids is 1. The fourth-order valence-corrected chi connectivity index (χ4v) is 4.66. The van der Waals surface area contributed by atoms with Gasteiger partial charge in [0.1, 0.15) is 11.3 Å². The second-order valence-electron chi connectivity index (χ2n) is 7.79. The van der Waals surface area contributed by atoms with Gasteiger partial charge in [0.05, 0.1) is 23.6 Å². The Balaban J connectivity index is 1.73. The van der Waals surface area contributed by atoms with Crippen LogP contribution in [0, 0.1) is 0 Å². The van der Waals surface area contributed by atoms with Crippen LogP contribution in [0.5, 0.6) is 5.75 Å². The number of halogens is 2. The zero-order valence-corrected chi connectivity index (χ0v) is 20.0. The fraction of sp³-hybridized carbons (Fsp3) is 0.154. The Morgan fingerprint density at radius 3 is 2.58 bits per heavy atom. The Morgan fingerprint density at radius 1 is 1.06 bits per heavy atom. The Morgan fingerprint density at radius 2 is 1.85 bits per heavy atom. The van der Waals surface area contributed by atoms with Gasteiger partial charge in [-0.15, -0.1) is 0 Å². The molecule has 1 aliphatic heterocycles. The predicted molar refractivity (Wildman–Crippen MR) is 133 cm³/mol. The quantitative estimate of drug-likeness (QED) is 0.290. The van der Waals surface area contributed by atoms with Crippen molar-refractivity contribution < 1.29 is 13.9 Å². The third kappa shape index (κ3) is 3.83. The number of nitrogens with zero attached hydrogens (tertiary/aromatic N) is 1. The van der Waals surface area contributed by atoms with Crippen LogP contribution >= 0.6 is 27.5 Å². The van der Waals surface area contributed by atoms with E-state index in [2.05, 4.69) is 15.9 Å². The summed E-state index contributed by atoms with van der Waals surface area (Å²) < 4.78 is 12.5. The summed E-state index contributed by atoms with van der Waals surface area (Å²) in [5.74, 6) is 0.394. The summed E-state index contributed by atoms with van der Waals surface area (Å²) >= 11 is 9.65. The van der Waals surface area contributed by atoms with Gasteiger partial charge in [0.25, 0.3) is 5.91 Å². The first-order valence-corrected chi connectivity index (χ1v) is 11.7. The molecule has 4 aromatic rings. The van der Waals surface area contributed by atoms with E-state index >= 15 is 0 Å². The van der Waals surface area contributed by atoms with Crippen molar-refractivity contribution in [2.75, 3.05) is 11.5 Å². The van der Waals surface area contributed by atoms with Crippen molar-refractivity contribution >= 4 is 50.1 Å². The number of amides is 1. The number of hydrogen-bond acceptors (Lipinski definition) is 4. The van der Waals surface area contributed by atoms with Crippen LogP contribution in [0.15, 0.2) is 80.4 Å². The first kappa shape index (κ1) is 21.7. The number of anilines is 1. The average Bonchev–Trinajstić information content (AvgIpc) is 3.11. The molecule has 1 atom stereocenters. The van der Waals surface area contributed by atoms with Crippen molar-refractivity contribution in [1.29, 1.82) is 0 Å². The molecule has 0 bridgehead atoms. The second-order valence-corrected chi connectivity index (χ2v) is 9.14. The van der Waals surface area contributed by atoms with E-state index in [4.69, 9.17) is 20.8 Å². The van der Waals surface area contributed by atoms with Gasteiger partial charge in [-0.25, -0.2) is 0 Å². The van der Waals surface area contributed by atoms with Crippen LogP contribution in [0.1, 0.15) is 41.1 Å². The van der Waals surface area contributed by atoms with E-state index in [0.717, 1.165) is 22.2 Å². The molecule has 3 aromatic carbocycles. The normalized spacial score (nSPS) is 15.2. The predicted octanol–water partition coefficient (Wildman–Crippen LogP) is 6.75. The molecule has 0 saturated heterocycles. The Kier molecular flexibility index (Phi) is 5.72. The maximum Gasteiger partial charge on any atom is 0.295 e. The van der Waals surface area contributed by atoms with Crippen molar-refractivity contribution in [3.63, 3.8) is 0 Å². The molecule has 166 valence electrons. The summed E-state index contributed by atoms with van der Waals surface area (Å²) in [6.45, 7) is 2.66. The Labute approximate surface area is 203 Å². The molecular formula is C26H19BrClNO4. The molecule has 2 heterocycles. The van der Waals surface area contributed by atoms with Gasteiger partial charge in [-0.05, 0) is 60.5 Å². The van der Waals surface area contributed by atoms with E-state index in [1.165, 1.54) is 0 Å². The SMILES string of the molecule is CCCOc1ccc(C2c3c(oc4ccc(Br)cc4c3=O)C(=O)N2c2cccc(Cl)c2)cc1. The van der Waals surface area contributed by atoms with Crippen molar-refractivity contribution in [3.05, 3.63) is 103 Å². The van der Waals surface area contributed by atoms with Crippen LogP contribution in [-0.2, 0) is 0 Å². The fourth-order valence-electron chi connectivity index (χ4n) is 4.12. The minimum Gasteiger partial charge on any atom is -0.494 e. The van der Waals surface area contributed by atoms with E-state index in [9.17, 15) is 9.59 Å². The topological polar surface area (TPSA) is 59.8 Å². The van der Waals surface area contributed by atoms with E-state index < -0.39 is 6.04 Å². The number of rotatable bonds is 5. The van der Waals surface area contributed by atoms with Gasteiger partial charge in [-0.1, -0.05) is 52.7 Å². The number of fused-ring (bicyclic) bond motifs is 2. The Hall–Kier alpha value is -3.09. The lowest BCUT2D eigenvalue weighted by atomic mass is 9.98. The largest absolute Gasteiger partial charge is 0.494 e. The molecule has 0 aliphatic carbocycles. The van der Waals surface area contributed by atoms with Gasteiger partial charge in [-0.3, -0.25) is 14.5 Å². The van der Waals surface area contributed by atoms with Gasteiger partial charge in [0.2, 0.25) is 5.76 Å². The van der Waals surface area contributed by atoms with Gasteiger partial charge in [0.15, 0.2) is 5.43 Å². The summed E-state index contributed by atoms with van der Waals surface area (Å²) in [5.41, 5.74) is 1.80. The van der Waals surface area contributed by atoms with Crippen LogP contribution < -0.4 is 15.1 Å². The molecule has 0 spiro atoms. The van der Waals surface area contributed by atoms with Crippen molar-refractivity contribution in [2.24, 2.45) is 0 Å². The highest BCUT2D eigenvalue weighted by Gasteiger charge is 2.43. The highest BCUT2D eigenvalue weighted by molar-refractivity contribution is 9.10. The lowest BCUT2D eigenvalue weighted by Gasteiger charge is -2.25. The molecule has 33 heavy (non-hydrogen) atoms. The molecular weight excluding hydrogens is 506 g/mol. The lowest BCUT2D eigenvalue weighted by molar-refractivity contribution is 0.0971. The number of hydrogen-bond donors (Lipinski definition) is 0. The minimum atomic E-state index is -0.661. The number of benzene rings is 3. The molecule has 0 N–H and O–H groups in total. The van der Waals surface area contributed by atoms with Crippen molar-refractivity contribution in [2.45, 2.75) is 19.4 Å². The van der Waals surface area contributed by atoms with Gasteiger partial charge in [0, 0.05) is 15.2 Å². The van der Waals surface area contributed by atoms with Crippen molar-refractivity contribution in [3.8, 4) is 5.75 Å². The van der Waals surface area contributed by atoms with E-state index in [1.807, 2.05) is 31.2 Å². The van der Waals surface area contributed by atoms with E-state index in [1.54, 1.807) is 47.4 Å². The molecule has 7 heteroatoms. The number of ether oxygens (including phenoxy) is 1. The van der Waals surface area contributed by atoms with Gasteiger partial charge < -0.3 is 9.15 Å². The minimum absolute atomic E-state index is 0.0473. The summed E-state index contributed by atoms with van der Waals surface area (Å²) in [4.78, 5) is 28.8. The monoisotopic (exact) mass is 523 g/mol. The summed E-state index contributed by atoms with van der Waals surface area (Å²) in [6.07, 6.45) is 0.901. The maximum atomic E-state index is 13.6. The molecule has 1 unspecified atom stereocenters. The highest BCUT2D eigenvalue weighted by atomic mass is 79.9. The number of carbonyl (C=O) groups is 1. The third-order valence-corrected chi connectivity index (χ3v) is 6.32.